The molecular formula is C36H46F2N4O9. The molecule has 0 aliphatic carbocycles. The Morgan fingerprint density at radius 1 is 1.08 bits per heavy atom. The molecule has 15 heteroatoms. The van der Waals surface area contributed by atoms with Gasteiger partial charge in [0.15, 0.2) is 11.3 Å². The van der Waals surface area contributed by atoms with Crippen molar-refractivity contribution < 1.29 is 46.9 Å². The summed E-state index contributed by atoms with van der Waals surface area (Å²) in [5, 5.41) is 6.60. The Kier molecular flexibility index (Phi) is 12.5. The zero-order valence-corrected chi connectivity index (χ0v) is 29.3. The summed E-state index contributed by atoms with van der Waals surface area (Å²) in [6.07, 6.45) is 10.1. The summed E-state index contributed by atoms with van der Waals surface area (Å²) in [6, 6.07) is 2.02. The number of carbonyl (C=O) groups is 3. The number of hydrogen-bond acceptors (Lipinski definition) is 10. The molecule has 0 saturated carbocycles. The van der Waals surface area contributed by atoms with E-state index in [1.165, 1.54) is 49.6 Å². The Hall–Kier alpha value is -4.69. The van der Waals surface area contributed by atoms with Crippen molar-refractivity contribution in [3.63, 3.8) is 0 Å². The monoisotopic (exact) mass is 716 g/mol. The van der Waals surface area contributed by atoms with Gasteiger partial charge >= 0.3 is 6.16 Å². The highest BCUT2D eigenvalue weighted by atomic mass is 19.1. The smallest absolute Gasteiger partial charge is 0.482 e. The zero-order valence-electron chi connectivity index (χ0n) is 29.3. The van der Waals surface area contributed by atoms with Crippen molar-refractivity contribution in [1.29, 1.82) is 0 Å². The topological polar surface area (TPSA) is 147 Å². The van der Waals surface area contributed by atoms with Gasteiger partial charge in [-0.1, -0.05) is 63.1 Å². The first-order valence-electron chi connectivity index (χ1n) is 17.6. The van der Waals surface area contributed by atoms with Gasteiger partial charge in [-0.2, -0.15) is 0 Å². The number of benzene rings is 1. The standard InChI is InChI=1S/C36H46F2N4O9/c1-4-5-6-7-8-9-10-11-16-48-35(46)50-22-49-32-30-34(45)41-21-28(36(15-14-23(41)2)18-29(47-3)40-51-36)42(30)20-26(31(32)43)33(44)39-19-24-12-13-25(37)17-27(24)38/h12-13,17,20,23,28H,4-11,14-16,18-19,21-22H2,1-3H3,(H,39,44)/t23-,28+,36-/m0/s1. The lowest BCUT2D eigenvalue weighted by atomic mass is 9.85. The van der Waals surface area contributed by atoms with Crippen LogP contribution in [0.2, 0.25) is 0 Å². The van der Waals surface area contributed by atoms with E-state index in [1.54, 1.807) is 4.90 Å². The van der Waals surface area contributed by atoms with Crippen molar-refractivity contribution in [2.24, 2.45) is 5.16 Å². The minimum absolute atomic E-state index is 0.00991. The van der Waals surface area contributed by atoms with Gasteiger partial charge in [-0.05, 0) is 32.3 Å². The Bertz CT molecular complexity index is 1680. The Labute approximate surface area is 295 Å². The number of halogens is 2. The molecule has 13 nitrogen and oxygen atoms in total. The van der Waals surface area contributed by atoms with E-state index in [0.717, 1.165) is 25.3 Å². The molecule has 1 N–H and O–H groups in total. The van der Waals surface area contributed by atoms with Crippen LogP contribution in [0.25, 0.3) is 0 Å². The van der Waals surface area contributed by atoms with Crippen LogP contribution in [-0.4, -0.2) is 72.0 Å². The predicted molar refractivity (Wildman–Crippen MR) is 180 cm³/mol. The van der Waals surface area contributed by atoms with Gasteiger partial charge in [-0.3, -0.25) is 14.4 Å². The van der Waals surface area contributed by atoms with Crippen molar-refractivity contribution in [1.82, 2.24) is 14.8 Å². The first-order chi connectivity index (χ1) is 24.6. The number of fused-ring (bicyclic) bond motifs is 5. The van der Waals surface area contributed by atoms with Crippen LogP contribution in [0.5, 0.6) is 5.75 Å². The fourth-order valence-electron chi connectivity index (χ4n) is 6.82. The third-order valence-corrected chi connectivity index (χ3v) is 9.80. The van der Waals surface area contributed by atoms with Crippen molar-refractivity contribution in [3.05, 3.63) is 63.1 Å². The number of carbonyl (C=O) groups excluding carboxylic acids is 3. The third kappa shape index (κ3) is 8.62. The van der Waals surface area contributed by atoms with Crippen LogP contribution >= 0.6 is 0 Å². The third-order valence-electron chi connectivity index (χ3n) is 9.80. The minimum Gasteiger partial charge on any atom is -0.482 e. The summed E-state index contributed by atoms with van der Waals surface area (Å²) in [7, 11) is 1.47. The van der Waals surface area contributed by atoms with E-state index in [2.05, 4.69) is 17.4 Å². The summed E-state index contributed by atoms with van der Waals surface area (Å²) in [5.41, 5.74) is -2.53. The molecule has 0 radical (unpaired) electrons. The molecule has 1 aromatic heterocycles. The van der Waals surface area contributed by atoms with Gasteiger partial charge in [0.2, 0.25) is 23.9 Å². The number of ether oxygens (including phenoxy) is 4. The number of nitrogens with zero attached hydrogens (tertiary/aromatic N) is 3. The molecule has 1 fully saturated rings. The van der Waals surface area contributed by atoms with E-state index in [0.29, 0.717) is 31.2 Å². The van der Waals surface area contributed by atoms with Crippen molar-refractivity contribution in [2.75, 3.05) is 27.1 Å². The number of hydrogen-bond donors (Lipinski definition) is 1. The molecule has 1 saturated heterocycles. The second kappa shape index (κ2) is 17.0. The van der Waals surface area contributed by atoms with Gasteiger partial charge in [-0.25, -0.2) is 13.6 Å². The SMILES string of the molecule is CCCCCCCCCCOC(=O)OCOc1c2n(cc(C(=O)NCc3ccc(F)cc3F)c1=O)[C@@H]1CN(C2=O)[C@@H](C)CC[C@]12CC(OC)=NO2. The lowest BCUT2D eigenvalue weighted by molar-refractivity contribution is -0.0658. The lowest BCUT2D eigenvalue weighted by Crippen LogP contribution is -2.52. The van der Waals surface area contributed by atoms with E-state index >= 15 is 0 Å². The Morgan fingerprint density at radius 2 is 1.82 bits per heavy atom. The van der Waals surface area contributed by atoms with E-state index in [1.807, 2.05) is 6.92 Å². The first kappa shape index (κ1) is 37.6. The average Bonchev–Trinajstić information content (AvgIpc) is 3.49. The van der Waals surface area contributed by atoms with Gasteiger partial charge in [-0.15, -0.1) is 0 Å². The molecule has 3 aliphatic heterocycles. The van der Waals surface area contributed by atoms with Gasteiger partial charge in [0.1, 0.15) is 17.2 Å². The van der Waals surface area contributed by atoms with Crippen molar-refractivity contribution in [3.8, 4) is 5.75 Å². The molecule has 2 aromatic rings. The van der Waals surface area contributed by atoms with E-state index in [4.69, 9.17) is 23.8 Å². The molecule has 278 valence electrons. The predicted octanol–water partition coefficient (Wildman–Crippen LogP) is 5.98. The number of nitrogens with one attached hydrogen (secondary N) is 1. The minimum atomic E-state index is -1.01. The highest BCUT2D eigenvalue weighted by Crippen LogP contribution is 2.46. The molecule has 1 aromatic carbocycles. The molecule has 3 atom stereocenters. The number of methoxy groups -OCH3 is 1. The molecule has 2 bridgehead atoms. The van der Waals surface area contributed by atoms with Gasteiger partial charge in [0, 0.05) is 37.0 Å². The summed E-state index contributed by atoms with van der Waals surface area (Å²) in [5.74, 6) is -3.24. The van der Waals surface area contributed by atoms with Crippen LogP contribution in [0.15, 0.2) is 34.3 Å². The Morgan fingerprint density at radius 3 is 2.53 bits per heavy atom. The highest BCUT2D eigenvalue weighted by Gasteiger charge is 2.55. The van der Waals surface area contributed by atoms with E-state index < -0.39 is 64.8 Å². The molecule has 3 aliphatic rings. The number of unbranched alkanes of at least 4 members (excludes halogenated alkanes) is 7. The quantitative estimate of drug-likeness (QED) is 0.134. The van der Waals surface area contributed by atoms with Crippen LogP contribution in [0, 0.1) is 11.6 Å². The van der Waals surface area contributed by atoms with Crippen molar-refractivity contribution >= 4 is 23.9 Å². The second-order valence-electron chi connectivity index (χ2n) is 13.2. The molecule has 2 amide bonds. The number of aromatic nitrogens is 1. The van der Waals surface area contributed by atoms with Gasteiger partial charge < -0.3 is 38.6 Å². The maximum atomic E-state index is 14.3. The molecule has 51 heavy (non-hydrogen) atoms. The number of amides is 2. The molecule has 1 spiro atoms. The fraction of sp³-hybridized carbons (Fsp3) is 0.583. The van der Waals surface area contributed by atoms with Gasteiger partial charge in [0.05, 0.1) is 26.2 Å². The molecule has 0 unspecified atom stereocenters. The second-order valence-corrected chi connectivity index (χ2v) is 13.2. The van der Waals surface area contributed by atoms with E-state index in [9.17, 15) is 28.0 Å². The van der Waals surface area contributed by atoms with E-state index in [-0.39, 0.29) is 43.4 Å². The summed E-state index contributed by atoms with van der Waals surface area (Å²) in [6.45, 7) is 3.24. The Balaban J connectivity index is 1.37. The molecular weight excluding hydrogens is 670 g/mol. The summed E-state index contributed by atoms with van der Waals surface area (Å²) in [4.78, 5) is 61.5. The largest absolute Gasteiger partial charge is 0.511 e. The maximum absolute atomic E-state index is 14.3. The maximum Gasteiger partial charge on any atom is 0.511 e. The number of pyridine rings is 1. The highest BCUT2D eigenvalue weighted by molar-refractivity contribution is 5.99. The van der Waals surface area contributed by atoms with Crippen LogP contribution < -0.4 is 15.5 Å². The van der Waals surface area contributed by atoms with Crippen LogP contribution in [0.1, 0.15) is 117 Å². The van der Waals surface area contributed by atoms with Crippen molar-refractivity contribution in [2.45, 2.75) is 109 Å². The van der Waals surface area contributed by atoms with Crippen LogP contribution in [0.3, 0.4) is 0 Å². The van der Waals surface area contributed by atoms with Crippen LogP contribution in [0.4, 0.5) is 13.6 Å². The summed E-state index contributed by atoms with van der Waals surface area (Å²) < 4.78 is 50.6. The first-order valence-corrected chi connectivity index (χ1v) is 17.6. The lowest BCUT2D eigenvalue weighted by Gasteiger charge is -2.42. The molecule has 4 heterocycles. The normalized spacial score (nSPS) is 20.6. The average molecular weight is 717 g/mol. The number of oxime groups is 1. The molecule has 5 rings (SSSR count). The fourth-order valence-corrected chi connectivity index (χ4v) is 6.82. The number of rotatable bonds is 15. The van der Waals surface area contributed by atoms with Gasteiger partial charge in [0.25, 0.3) is 11.8 Å². The summed E-state index contributed by atoms with van der Waals surface area (Å²) >= 11 is 0. The van der Waals surface area contributed by atoms with Crippen LogP contribution in [-0.2, 0) is 25.6 Å². The zero-order chi connectivity index (χ0) is 36.5.